The second-order valence-corrected chi connectivity index (χ2v) is 3.21. The molecule has 75 valence electrons. The molecule has 13 heavy (non-hydrogen) atoms. The number of carbonyl (C=O) groups is 1. The number of carboxylic acids is 1. The summed E-state index contributed by atoms with van der Waals surface area (Å²) in [4.78, 5) is 10.4. The maximum absolute atomic E-state index is 12.1. The lowest BCUT2D eigenvalue weighted by Gasteiger charge is -2.26. The average Bonchev–Trinajstić information content (AvgIpc) is 2.03. The molecule has 0 bridgehead atoms. The van der Waals surface area contributed by atoms with Crippen molar-refractivity contribution in [2.45, 2.75) is 31.9 Å². The highest BCUT2D eigenvalue weighted by molar-refractivity contribution is 5.70. The van der Waals surface area contributed by atoms with E-state index in [1.54, 1.807) is 0 Å². The molecule has 1 radical (unpaired) electrons. The van der Waals surface area contributed by atoms with Gasteiger partial charge in [-0.25, -0.2) is 0 Å². The molecule has 1 aliphatic carbocycles. The Morgan fingerprint density at radius 1 is 1.31 bits per heavy atom. The van der Waals surface area contributed by atoms with Crippen LogP contribution in [-0.4, -0.2) is 17.3 Å². The van der Waals surface area contributed by atoms with Crippen LogP contribution in [0.2, 0.25) is 0 Å². The number of halogens is 3. The zero-order valence-corrected chi connectivity index (χ0v) is 6.90. The van der Waals surface area contributed by atoms with E-state index in [0.717, 1.165) is 0 Å². The lowest BCUT2D eigenvalue weighted by Crippen LogP contribution is -2.28. The summed E-state index contributed by atoms with van der Waals surface area (Å²) in [6.07, 6.45) is -4.25. The van der Waals surface area contributed by atoms with Gasteiger partial charge in [-0.05, 0) is 25.7 Å². The SMILES string of the molecule is O=C(O)C1CC[C](C(F)(F)F)CC1. The molecular weight excluding hydrogens is 185 g/mol. The Morgan fingerprint density at radius 2 is 1.77 bits per heavy atom. The maximum atomic E-state index is 12.1. The van der Waals surface area contributed by atoms with Crippen molar-refractivity contribution in [2.75, 3.05) is 0 Å². The van der Waals surface area contributed by atoms with Crippen molar-refractivity contribution in [3.05, 3.63) is 5.92 Å². The van der Waals surface area contributed by atoms with Crippen LogP contribution in [0.4, 0.5) is 13.2 Å². The fourth-order valence-corrected chi connectivity index (χ4v) is 1.50. The molecule has 0 heterocycles. The van der Waals surface area contributed by atoms with Gasteiger partial charge in [-0.15, -0.1) is 0 Å². The monoisotopic (exact) mass is 195 g/mol. The van der Waals surface area contributed by atoms with Gasteiger partial charge in [0, 0.05) is 0 Å². The number of hydrogen-bond donors (Lipinski definition) is 1. The van der Waals surface area contributed by atoms with Crippen LogP contribution in [0.25, 0.3) is 0 Å². The molecule has 0 aromatic carbocycles. The van der Waals surface area contributed by atoms with Crippen molar-refractivity contribution in [3.63, 3.8) is 0 Å². The Labute approximate surface area is 73.7 Å². The van der Waals surface area contributed by atoms with Crippen molar-refractivity contribution in [2.24, 2.45) is 5.92 Å². The minimum atomic E-state index is -4.23. The molecule has 2 nitrogen and oxygen atoms in total. The van der Waals surface area contributed by atoms with Crippen LogP contribution in [0.5, 0.6) is 0 Å². The molecule has 0 aromatic heterocycles. The molecular formula is C8H10F3O2. The molecule has 0 aliphatic heterocycles. The summed E-state index contributed by atoms with van der Waals surface area (Å²) in [5.41, 5.74) is 0. The first-order chi connectivity index (χ1) is 5.91. The normalized spacial score (nSPS) is 21.8. The van der Waals surface area contributed by atoms with E-state index in [2.05, 4.69) is 0 Å². The van der Waals surface area contributed by atoms with E-state index in [9.17, 15) is 18.0 Å². The van der Waals surface area contributed by atoms with Gasteiger partial charge in [-0.1, -0.05) is 0 Å². The first kappa shape index (κ1) is 10.3. The second-order valence-electron chi connectivity index (χ2n) is 3.21. The van der Waals surface area contributed by atoms with E-state index in [-0.39, 0.29) is 25.7 Å². The van der Waals surface area contributed by atoms with E-state index in [0.29, 0.717) is 0 Å². The second kappa shape index (κ2) is 3.55. The summed E-state index contributed by atoms with van der Waals surface area (Å²) < 4.78 is 36.3. The Kier molecular flexibility index (Phi) is 2.83. The molecule has 0 saturated heterocycles. The van der Waals surface area contributed by atoms with E-state index >= 15 is 0 Å². The number of aliphatic carboxylic acids is 1. The third-order valence-electron chi connectivity index (χ3n) is 2.34. The van der Waals surface area contributed by atoms with Crippen molar-refractivity contribution < 1.29 is 23.1 Å². The topological polar surface area (TPSA) is 37.3 Å². The predicted octanol–water partition coefficient (Wildman–Crippen LogP) is 2.40. The van der Waals surface area contributed by atoms with Crippen molar-refractivity contribution >= 4 is 5.97 Å². The van der Waals surface area contributed by atoms with Gasteiger partial charge < -0.3 is 5.11 Å². The zero-order chi connectivity index (χ0) is 10.1. The van der Waals surface area contributed by atoms with Gasteiger partial charge in [0.1, 0.15) is 0 Å². The van der Waals surface area contributed by atoms with Crippen LogP contribution in [-0.2, 0) is 4.79 Å². The van der Waals surface area contributed by atoms with Crippen LogP contribution in [0.3, 0.4) is 0 Å². The Bertz CT molecular complexity index is 192. The van der Waals surface area contributed by atoms with Gasteiger partial charge in [-0.2, -0.15) is 13.2 Å². The van der Waals surface area contributed by atoms with Crippen LogP contribution in [0.15, 0.2) is 0 Å². The number of hydrogen-bond acceptors (Lipinski definition) is 1. The van der Waals surface area contributed by atoms with E-state index in [4.69, 9.17) is 5.11 Å². The molecule has 1 saturated carbocycles. The fraction of sp³-hybridized carbons (Fsp3) is 0.750. The molecule has 0 unspecified atom stereocenters. The lowest BCUT2D eigenvalue weighted by molar-refractivity contribution is -0.146. The summed E-state index contributed by atoms with van der Waals surface area (Å²) in [5, 5.41) is 8.54. The standard InChI is InChI=1S/C8H10F3O2/c9-8(10,11)6-3-1-5(2-4-6)7(12)13/h5H,1-4H2,(H,12,13). The van der Waals surface area contributed by atoms with E-state index in [1.165, 1.54) is 0 Å². The molecule has 1 rings (SSSR count). The van der Waals surface area contributed by atoms with Crippen LogP contribution in [0.1, 0.15) is 25.7 Å². The smallest absolute Gasteiger partial charge is 0.395 e. The summed E-state index contributed by atoms with van der Waals surface area (Å²) in [7, 11) is 0. The van der Waals surface area contributed by atoms with Crippen molar-refractivity contribution in [1.82, 2.24) is 0 Å². The first-order valence-corrected chi connectivity index (χ1v) is 4.06. The van der Waals surface area contributed by atoms with Crippen LogP contribution in [0, 0.1) is 11.8 Å². The largest absolute Gasteiger partial charge is 0.481 e. The molecule has 1 aliphatic rings. The molecule has 1 fully saturated rings. The third kappa shape index (κ3) is 2.60. The van der Waals surface area contributed by atoms with Gasteiger partial charge in [0.15, 0.2) is 0 Å². The predicted molar refractivity (Wildman–Crippen MR) is 38.9 cm³/mol. The molecule has 1 N–H and O–H groups in total. The molecule has 0 spiro atoms. The maximum Gasteiger partial charge on any atom is 0.395 e. The molecule has 0 aromatic rings. The molecule has 5 heteroatoms. The van der Waals surface area contributed by atoms with E-state index < -0.39 is 24.0 Å². The van der Waals surface area contributed by atoms with Crippen molar-refractivity contribution in [1.29, 1.82) is 0 Å². The van der Waals surface area contributed by atoms with Gasteiger partial charge in [0.25, 0.3) is 0 Å². The quantitative estimate of drug-likeness (QED) is 0.697. The first-order valence-electron chi connectivity index (χ1n) is 4.06. The average molecular weight is 195 g/mol. The highest BCUT2D eigenvalue weighted by Gasteiger charge is 2.43. The molecule has 0 atom stereocenters. The highest BCUT2D eigenvalue weighted by atomic mass is 19.4. The molecule has 0 amide bonds. The van der Waals surface area contributed by atoms with Crippen molar-refractivity contribution in [3.8, 4) is 0 Å². The van der Waals surface area contributed by atoms with Gasteiger partial charge >= 0.3 is 12.1 Å². The Balaban J connectivity index is 2.44. The van der Waals surface area contributed by atoms with Gasteiger partial charge in [0.2, 0.25) is 0 Å². The number of carboxylic acid groups (broad SMARTS) is 1. The minimum absolute atomic E-state index is 0.115. The van der Waals surface area contributed by atoms with E-state index in [1.807, 2.05) is 0 Å². The summed E-state index contributed by atoms with van der Waals surface area (Å²) >= 11 is 0. The van der Waals surface area contributed by atoms with Crippen LogP contribution >= 0.6 is 0 Å². The zero-order valence-electron chi connectivity index (χ0n) is 6.90. The number of rotatable bonds is 1. The van der Waals surface area contributed by atoms with Crippen LogP contribution < -0.4 is 0 Å². The summed E-state index contributed by atoms with van der Waals surface area (Å²) in [5.74, 6) is -2.04. The Hall–Kier alpha value is -0.740. The lowest BCUT2D eigenvalue weighted by atomic mass is 9.82. The Morgan fingerprint density at radius 3 is 2.08 bits per heavy atom. The van der Waals surface area contributed by atoms with Gasteiger partial charge in [0.05, 0.1) is 11.8 Å². The van der Waals surface area contributed by atoms with Gasteiger partial charge in [-0.3, -0.25) is 4.79 Å². The highest BCUT2D eigenvalue weighted by Crippen LogP contribution is 2.41. The summed E-state index contributed by atoms with van der Waals surface area (Å²) in [6, 6.07) is 0. The fourth-order valence-electron chi connectivity index (χ4n) is 1.50. The third-order valence-corrected chi connectivity index (χ3v) is 2.34. The summed E-state index contributed by atoms with van der Waals surface area (Å²) in [6.45, 7) is 0. The minimum Gasteiger partial charge on any atom is -0.481 e. The number of alkyl halides is 3.